The molecule has 1 amide bonds. The van der Waals surface area contributed by atoms with E-state index in [2.05, 4.69) is 17.6 Å². The smallest absolute Gasteiger partial charge is 0.241 e. The molecule has 1 aromatic carbocycles. The number of rotatable bonds is 6. The molecular formula is C15H22N2O3. The van der Waals surface area contributed by atoms with E-state index < -0.39 is 0 Å². The minimum Gasteiger partial charge on any atom is -0.491 e. The summed E-state index contributed by atoms with van der Waals surface area (Å²) in [4.78, 5) is 12.1. The van der Waals surface area contributed by atoms with Crippen molar-refractivity contribution < 1.29 is 14.3 Å². The van der Waals surface area contributed by atoms with Gasteiger partial charge in [0.15, 0.2) is 0 Å². The quantitative estimate of drug-likeness (QED) is 0.777. The largest absolute Gasteiger partial charge is 0.491 e. The number of anilines is 1. The number of methoxy groups -OCH3 is 1. The van der Waals surface area contributed by atoms with E-state index in [0.717, 1.165) is 24.4 Å². The van der Waals surface area contributed by atoms with Crippen LogP contribution in [0.4, 0.5) is 5.69 Å². The number of carbonyl (C=O) groups excluding carboxylic acids is 1. The summed E-state index contributed by atoms with van der Waals surface area (Å²) >= 11 is 0. The highest BCUT2D eigenvalue weighted by atomic mass is 16.5. The van der Waals surface area contributed by atoms with E-state index in [9.17, 15) is 4.79 Å². The lowest BCUT2D eigenvalue weighted by atomic mass is 10.0. The lowest BCUT2D eigenvalue weighted by Gasteiger charge is -2.15. The maximum Gasteiger partial charge on any atom is 0.241 e. The Morgan fingerprint density at radius 1 is 1.35 bits per heavy atom. The van der Waals surface area contributed by atoms with Crippen molar-refractivity contribution in [1.29, 1.82) is 0 Å². The molecule has 1 aliphatic rings. The second-order valence-corrected chi connectivity index (χ2v) is 5.05. The number of benzene rings is 1. The summed E-state index contributed by atoms with van der Waals surface area (Å²) in [7, 11) is 1.64. The molecule has 1 heterocycles. The molecule has 2 N–H and O–H groups in total. The van der Waals surface area contributed by atoms with Gasteiger partial charge in [-0.05, 0) is 43.1 Å². The fourth-order valence-corrected chi connectivity index (χ4v) is 2.28. The Morgan fingerprint density at radius 3 is 2.70 bits per heavy atom. The first kappa shape index (κ1) is 14.8. The third kappa shape index (κ3) is 3.95. The number of carbonyl (C=O) groups is 1. The van der Waals surface area contributed by atoms with Gasteiger partial charge in [0.05, 0.1) is 12.6 Å². The Kier molecular flexibility index (Phi) is 5.38. The zero-order valence-corrected chi connectivity index (χ0v) is 12.0. The number of ether oxygens (including phenoxy) is 2. The van der Waals surface area contributed by atoms with Gasteiger partial charge in [0.25, 0.3) is 0 Å². The molecule has 0 bridgehead atoms. The fourth-order valence-electron chi connectivity index (χ4n) is 2.28. The molecular weight excluding hydrogens is 256 g/mol. The number of hydrogen-bond donors (Lipinski definition) is 2. The van der Waals surface area contributed by atoms with Gasteiger partial charge >= 0.3 is 0 Å². The predicted molar refractivity (Wildman–Crippen MR) is 78.0 cm³/mol. The van der Waals surface area contributed by atoms with Crippen molar-refractivity contribution in [3.8, 4) is 5.75 Å². The van der Waals surface area contributed by atoms with E-state index in [1.54, 1.807) is 7.11 Å². The van der Waals surface area contributed by atoms with Crippen LogP contribution >= 0.6 is 0 Å². The van der Waals surface area contributed by atoms with Crippen molar-refractivity contribution in [1.82, 2.24) is 5.32 Å². The van der Waals surface area contributed by atoms with Crippen LogP contribution in [-0.4, -0.2) is 38.8 Å². The van der Waals surface area contributed by atoms with Gasteiger partial charge in [0.2, 0.25) is 5.91 Å². The first-order chi connectivity index (χ1) is 9.70. The molecule has 1 aliphatic heterocycles. The fraction of sp³-hybridized carbons (Fsp3) is 0.533. The van der Waals surface area contributed by atoms with Crippen LogP contribution in [0.25, 0.3) is 0 Å². The van der Waals surface area contributed by atoms with Gasteiger partial charge < -0.3 is 20.1 Å². The highest BCUT2D eigenvalue weighted by molar-refractivity contribution is 5.95. The SMILES string of the molecule is COCCOc1ccc(NC(=O)C2NCCC2C)cc1. The minimum atomic E-state index is -0.0902. The summed E-state index contributed by atoms with van der Waals surface area (Å²) in [6.07, 6.45) is 1.05. The van der Waals surface area contributed by atoms with E-state index in [-0.39, 0.29) is 11.9 Å². The third-order valence-electron chi connectivity index (χ3n) is 3.49. The Labute approximate surface area is 119 Å². The molecule has 0 spiro atoms. The van der Waals surface area contributed by atoms with Crippen LogP contribution in [0.15, 0.2) is 24.3 Å². The van der Waals surface area contributed by atoms with Crippen molar-refractivity contribution in [3.05, 3.63) is 24.3 Å². The normalized spacial score (nSPS) is 21.7. The average Bonchev–Trinajstić information content (AvgIpc) is 2.87. The molecule has 20 heavy (non-hydrogen) atoms. The van der Waals surface area contributed by atoms with Gasteiger partial charge in [-0.3, -0.25) is 4.79 Å². The molecule has 0 radical (unpaired) electrons. The molecule has 0 saturated carbocycles. The van der Waals surface area contributed by atoms with Gasteiger partial charge in [-0.15, -0.1) is 0 Å². The lowest BCUT2D eigenvalue weighted by Crippen LogP contribution is -2.39. The third-order valence-corrected chi connectivity index (χ3v) is 3.49. The molecule has 2 unspecified atom stereocenters. The zero-order valence-electron chi connectivity index (χ0n) is 12.0. The van der Waals surface area contributed by atoms with E-state index in [1.807, 2.05) is 24.3 Å². The number of amides is 1. The van der Waals surface area contributed by atoms with Crippen LogP contribution in [0.2, 0.25) is 0 Å². The molecule has 1 fully saturated rings. The summed E-state index contributed by atoms with van der Waals surface area (Å²) in [5.74, 6) is 1.18. The minimum absolute atomic E-state index is 0.0306. The average molecular weight is 278 g/mol. The Bertz CT molecular complexity index is 433. The molecule has 2 atom stereocenters. The van der Waals surface area contributed by atoms with E-state index in [0.29, 0.717) is 19.1 Å². The van der Waals surface area contributed by atoms with Crippen LogP contribution in [0, 0.1) is 5.92 Å². The van der Waals surface area contributed by atoms with Crippen LogP contribution < -0.4 is 15.4 Å². The molecule has 5 heteroatoms. The van der Waals surface area contributed by atoms with E-state index in [4.69, 9.17) is 9.47 Å². The Morgan fingerprint density at radius 2 is 2.10 bits per heavy atom. The summed E-state index contributed by atoms with van der Waals surface area (Å²) < 4.78 is 10.4. The van der Waals surface area contributed by atoms with Crippen LogP contribution in [0.1, 0.15) is 13.3 Å². The predicted octanol–water partition coefficient (Wildman–Crippen LogP) is 1.65. The zero-order chi connectivity index (χ0) is 14.4. The van der Waals surface area contributed by atoms with Gasteiger partial charge in [-0.2, -0.15) is 0 Å². The number of nitrogens with one attached hydrogen (secondary N) is 2. The highest BCUT2D eigenvalue weighted by Gasteiger charge is 2.29. The monoisotopic (exact) mass is 278 g/mol. The van der Waals surface area contributed by atoms with Gasteiger partial charge in [0, 0.05) is 12.8 Å². The first-order valence-corrected chi connectivity index (χ1v) is 6.97. The summed E-state index contributed by atoms with van der Waals surface area (Å²) in [5.41, 5.74) is 0.787. The van der Waals surface area contributed by atoms with Crippen LogP contribution in [0.5, 0.6) is 5.75 Å². The highest BCUT2D eigenvalue weighted by Crippen LogP contribution is 2.19. The number of hydrogen-bond acceptors (Lipinski definition) is 4. The summed E-state index contributed by atoms with van der Waals surface area (Å²) in [6.45, 7) is 4.08. The van der Waals surface area contributed by atoms with Crippen molar-refractivity contribution >= 4 is 11.6 Å². The van der Waals surface area contributed by atoms with Crippen molar-refractivity contribution in [2.75, 3.05) is 32.2 Å². The molecule has 0 aromatic heterocycles. The standard InChI is InChI=1S/C15H22N2O3/c1-11-7-8-16-14(11)15(18)17-12-3-5-13(6-4-12)20-10-9-19-2/h3-6,11,14,16H,7-10H2,1-2H3,(H,17,18). The molecule has 1 aromatic rings. The second-order valence-electron chi connectivity index (χ2n) is 5.05. The van der Waals surface area contributed by atoms with Crippen molar-refractivity contribution in [2.24, 2.45) is 5.92 Å². The Balaban J connectivity index is 1.85. The molecule has 5 nitrogen and oxygen atoms in total. The maximum absolute atomic E-state index is 12.1. The summed E-state index contributed by atoms with van der Waals surface area (Å²) in [6, 6.07) is 7.29. The molecule has 110 valence electrons. The van der Waals surface area contributed by atoms with Crippen molar-refractivity contribution in [2.45, 2.75) is 19.4 Å². The van der Waals surface area contributed by atoms with Gasteiger partial charge in [0.1, 0.15) is 12.4 Å². The Hall–Kier alpha value is -1.59. The van der Waals surface area contributed by atoms with Gasteiger partial charge in [-0.25, -0.2) is 0 Å². The maximum atomic E-state index is 12.1. The van der Waals surface area contributed by atoms with Crippen molar-refractivity contribution in [3.63, 3.8) is 0 Å². The topological polar surface area (TPSA) is 59.6 Å². The van der Waals surface area contributed by atoms with Gasteiger partial charge in [-0.1, -0.05) is 6.92 Å². The molecule has 0 aliphatic carbocycles. The van der Waals surface area contributed by atoms with Crippen LogP contribution in [0.3, 0.4) is 0 Å². The molecule has 2 rings (SSSR count). The van der Waals surface area contributed by atoms with E-state index >= 15 is 0 Å². The lowest BCUT2D eigenvalue weighted by molar-refractivity contribution is -0.118. The van der Waals surface area contributed by atoms with E-state index in [1.165, 1.54) is 0 Å². The van der Waals surface area contributed by atoms with Crippen LogP contribution in [-0.2, 0) is 9.53 Å². The summed E-state index contributed by atoms with van der Waals surface area (Å²) in [5, 5.41) is 6.15. The second kappa shape index (κ2) is 7.26. The first-order valence-electron chi connectivity index (χ1n) is 6.97. The molecule has 1 saturated heterocycles.